The van der Waals surface area contributed by atoms with Crippen LogP contribution in [0.15, 0.2) is 83.7 Å². The maximum absolute atomic E-state index is 13.0. The number of hydrogen-bond acceptors (Lipinski definition) is 7. The van der Waals surface area contributed by atoms with E-state index >= 15 is 0 Å². The molecule has 2 heterocycles. The van der Waals surface area contributed by atoms with Crippen molar-refractivity contribution in [1.82, 2.24) is 14.3 Å². The average molecular weight is 687 g/mol. The van der Waals surface area contributed by atoms with Gasteiger partial charge in [-0.1, -0.05) is 45.9 Å². The highest BCUT2D eigenvalue weighted by Crippen LogP contribution is 2.33. The summed E-state index contributed by atoms with van der Waals surface area (Å²) in [5.74, 6) is -0.0564. The molecule has 8 nitrogen and oxygen atoms in total. The Kier molecular flexibility index (Phi) is 8.08. The number of phenols is 1. The van der Waals surface area contributed by atoms with E-state index < -0.39 is 0 Å². The second-order valence-corrected chi connectivity index (χ2v) is 12.5. The third-order valence-electron chi connectivity index (χ3n) is 5.91. The fourth-order valence-corrected chi connectivity index (χ4v) is 7.04. The molecule has 0 bridgehead atoms. The van der Waals surface area contributed by atoms with Crippen LogP contribution in [0.5, 0.6) is 5.75 Å². The van der Waals surface area contributed by atoms with Gasteiger partial charge >= 0.3 is 0 Å². The molecular weight excluding hydrogens is 666 g/mol. The first kappa shape index (κ1) is 27.4. The molecule has 0 fully saturated rings. The van der Waals surface area contributed by atoms with Gasteiger partial charge < -0.3 is 10.4 Å². The van der Waals surface area contributed by atoms with E-state index in [-0.39, 0.29) is 28.7 Å². The largest absolute Gasteiger partial charge is 0.506 e. The van der Waals surface area contributed by atoms with E-state index in [4.69, 9.17) is 0 Å². The summed E-state index contributed by atoms with van der Waals surface area (Å²) in [5, 5.41) is 13.0. The lowest BCUT2D eigenvalue weighted by molar-refractivity contribution is -0.113. The number of aromatic hydroxyl groups is 1. The number of fused-ring (bicyclic) bond motifs is 1. The van der Waals surface area contributed by atoms with E-state index in [1.165, 1.54) is 27.8 Å². The second-order valence-electron chi connectivity index (χ2n) is 8.49. The molecule has 1 amide bonds. The van der Waals surface area contributed by atoms with Gasteiger partial charge in [0.05, 0.1) is 37.5 Å². The van der Waals surface area contributed by atoms with Gasteiger partial charge in [-0.3, -0.25) is 19.3 Å². The molecule has 0 saturated carbocycles. The van der Waals surface area contributed by atoms with Crippen LogP contribution in [-0.2, 0) is 11.8 Å². The minimum Gasteiger partial charge on any atom is -0.506 e. The number of carbonyl (C=O) groups excluding carboxylic acids is 1. The van der Waals surface area contributed by atoms with Gasteiger partial charge in [0.2, 0.25) is 5.91 Å². The highest BCUT2D eigenvalue weighted by molar-refractivity contribution is 9.11. The third-order valence-corrected chi connectivity index (χ3v) is 9.13. The molecule has 39 heavy (non-hydrogen) atoms. The fourth-order valence-electron chi connectivity index (χ4n) is 3.88. The Labute approximate surface area is 248 Å². The van der Waals surface area contributed by atoms with Crippen molar-refractivity contribution in [3.8, 4) is 11.4 Å². The number of aromatic nitrogens is 3. The molecule has 0 radical (unpaired) electrons. The quantitative estimate of drug-likeness (QED) is 0.145. The van der Waals surface area contributed by atoms with Crippen molar-refractivity contribution < 1.29 is 9.90 Å². The van der Waals surface area contributed by atoms with Gasteiger partial charge in [-0.15, -0.1) is 11.3 Å². The van der Waals surface area contributed by atoms with Crippen molar-refractivity contribution in [2.24, 2.45) is 12.0 Å². The van der Waals surface area contributed by atoms with Crippen LogP contribution in [0.4, 0.5) is 11.4 Å². The summed E-state index contributed by atoms with van der Waals surface area (Å²) in [7, 11) is 1.79. The molecule has 5 aromatic rings. The van der Waals surface area contributed by atoms with E-state index in [9.17, 15) is 14.7 Å². The summed E-state index contributed by atoms with van der Waals surface area (Å²) in [6.45, 7) is 1.80. The van der Waals surface area contributed by atoms with Gasteiger partial charge in [-0.05, 0) is 65.3 Å². The molecule has 3 aromatic carbocycles. The number of carbonyl (C=O) groups is 1. The Bertz CT molecular complexity index is 1800. The van der Waals surface area contributed by atoms with E-state index in [0.29, 0.717) is 21.4 Å². The highest BCUT2D eigenvalue weighted by atomic mass is 79.9. The van der Waals surface area contributed by atoms with Crippen LogP contribution in [0.1, 0.15) is 11.3 Å². The number of benzene rings is 3. The van der Waals surface area contributed by atoms with Crippen LogP contribution < -0.4 is 10.9 Å². The summed E-state index contributed by atoms with van der Waals surface area (Å²) in [5.41, 5.74) is 3.47. The first-order valence-electron chi connectivity index (χ1n) is 11.6. The van der Waals surface area contributed by atoms with Crippen LogP contribution in [0.2, 0.25) is 0 Å². The number of phenolic OH excluding ortho intramolecular Hbond substituents is 1. The molecule has 5 rings (SSSR count). The van der Waals surface area contributed by atoms with E-state index in [1.807, 2.05) is 48.5 Å². The lowest BCUT2D eigenvalue weighted by Crippen LogP contribution is -2.23. The second kappa shape index (κ2) is 11.5. The van der Waals surface area contributed by atoms with Crippen molar-refractivity contribution in [3.63, 3.8) is 0 Å². The van der Waals surface area contributed by atoms with Gasteiger partial charge in [-0.2, -0.15) is 0 Å². The first-order chi connectivity index (χ1) is 18.7. The standard InChI is InChI=1S/C27H21Br2N5O3S2/c1-15-24(26(37)34(33(15)2)19-6-4-3-5-7-19)32-23(35)14-38-27-31-21-9-8-18(12-22(21)39-27)30-13-16-10-17(28)11-20(29)25(16)36/h3-13,36H,14H2,1-2H3,(H,32,35). The SMILES string of the molecule is Cc1c(NC(=O)CSc2nc3ccc(N=Cc4cc(Br)cc(Br)c4O)cc3s2)c(=O)n(-c2ccccc2)n1C. The molecule has 0 spiro atoms. The number of amides is 1. The van der Waals surface area contributed by atoms with Gasteiger partial charge in [0.25, 0.3) is 5.56 Å². The Hall–Kier alpha value is -3.19. The molecule has 0 saturated heterocycles. The molecule has 198 valence electrons. The van der Waals surface area contributed by atoms with Crippen molar-refractivity contribution in [3.05, 3.63) is 91.2 Å². The van der Waals surface area contributed by atoms with Gasteiger partial charge in [0, 0.05) is 23.3 Å². The smallest absolute Gasteiger partial charge is 0.295 e. The summed E-state index contributed by atoms with van der Waals surface area (Å²) in [6, 6.07) is 18.5. The summed E-state index contributed by atoms with van der Waals surface area (Å²) in [6.07, 6.45) is 1.60. The Morgan fingerprint density at radius 1 is 1.18 bits per heavy atom. The lowest BCUT2D eigenvalue weighted by Gasteiger charge is -2.07. The number of anilines is 1. The molecule has 0 aliphatic carbocycles. The monoisotopic (exact) mass is 685 g/mol. The number of thioether (sulfide) groups is 1. The van der Waals surface area contributed by atoms with E-state index in [1.54, 1.807) is 37.0 Å². The molecule has 12 heteroatoms. The first-order valence-corrected chi connectivity index (χ1v) is 15.0. The minimum absolute atomic E-state index is 0.112. The summed E-state index contributed by atoms with van der Waals surface area (Å²) >= 11 is 9.52. The predicted octanol–water partition coefficient (Wildman–Crippen LogP) is 6.81. The normalized spacial score (nSPS) is 11.5. The molecule has 0 aliphatic rings. The van der Waals surface area contributed by atoms with Crippen LogP contribution in [0.25, 0.3) is 15.9 Å². The molecule has 0 atom stereocenters. The van der Waals surface area contributed by atoms with Crippen LogP contribution in [-0.4, -0.2) is 37.3 Å². The van der Waals surface area contributed by atoms with Crippen LogP contribution >= 0.6 is 55.0 Å². The zero-order valence-electron chi connectivity index (χ0n) is 20.7. The van der Waals surface area contributed by atoms with E-state index in [0.717, 1.165) is 24.7 Å². The maximum Gasteiger partial charge on any atom is 0.295 e. The predicted molar refractivity (Wildman–Crippen MR) is 165 cm³/mol. The van der Waals surface area contributed by atoms with Gasteiger partial charge in [-0.25, -0.2) is 9.67 Å². The number of halogens is 2. The zero-order chi connectivity index (χ0) is 27.7. The number of nitrogens with one attached hydrogen (secondary N) is 1. The number of aliphatic imine (C=N–C) groups is 1. The van der Waals surface area contributed by atoms with Gasteiger partial charge in [0.1, 0.15) is 11.4 Å². The number of nitrogens with zero attached hydrogens (tertiary/aromatic N) is 4. The van der Waals surface area contributed by atoms with Crippen LogP contribution in [0.3, 0.4) is 0 Å². The number of hydrogen-bond donors (Lipinski definition) is 2. The van der Waals surface area contributed by atoms with Crippen molar-refractivity contribution in [2.75, 3.05) is 11.1 Å². The topological polar surface area (TPSA) is 102 Å². The van der Waals surface area contributed by atoms with Crippen molar-refractivity contribution in [2.45, 2.75) is 11.3 Å². The molecule has 0 unspecified atom stereocenters. The van der Waals surface area contributed by atoms with Gasteiger partial charge in [0.15, 0.2) is 4.34 Å². The zero-order valence-corrected chi connectivity index (χ0v) is 25.5. The highest BCUT2D eigenvalue weighted by Gasteiger charge is 2.18. The Morgan fingerprint density at radius 2 is 1.95 bits per heavy atom. The average Bonchev–Trinajstić information content (AvgIpc) is 3.42. The number of thiazole rings is 1. The third kappa shape index (κ3) is 5.88. The summed E-state index contributed by atoms with van der Waals surface area (Å²) in [4.78, 5) is 34.9. The molecule has 0 aliphatic heterocycles. The molecule has 2 N–H and O–H groups in total. The van der Waals surface area contributed by atoms with Crippen molar-refractivity contribution >= 4 is 88.7 Å². The maximum atomic E-state index is 13.0. The van der Waals surface area contributed by atoms with Crippen LogP contribution in [0, 0.1) is 6.92 Å². The Morgan fingerprint density at radius 3 is 2.72 bits per heavy atom. The molecule has 2 aromatic heterocycles. The molecular formula is C27H21Br2N5O3S2. The fraction of sp³-hybridized carbons (Fsp3) is 0.111. The minimum atomic E-state index is -0.282. The van der Waals surface area contributed by atoms with E-state index in [2.05, 4.69) is 47.2 Å². The summed E-state index contributed by atoms with van der Waals surface area (Å²) < 4.78 is 6.32. The lowest BCUT2D eigenvalue weighted by atomic mass is 10.2. The number of rotatable bonds is 7. The Balaban J connectivity index is 1.27. The van der Waals surface area contributed by atoms with Crippen molar-refractivity contribution in [1.29, 1.82) is 0 Å². The number of para-hydroxylation sites is 1.